The van der Waals surface area contributed by atoms with Gasteiger partial charge in [0.2, 0.25) is 5.95 Å². The lowest BCUT2D eigenvalue weighted by Gasteiger charge is -2.19. The molecule has 0 aliphatic carbocycles. The van der Waals surface area contributed by atoms with Crippen molar-refractivity contribution in [3.8, 4) is 0 Å². The Morgan fingerprint density at radius 2 is 2.32 bits per heavy atom. The van der Waals surface area contributed by atoms with Crippen LogP contribution >= 0.6 is 0 Å². The largest absolute Gasteiger partial charge is 0.394 e. The predicted molar refractivity (Wildman–Crippen MR) is 87.8 cm³/mol. The second-order valence-corrected chi connectivity index (χ2v) is 5.86. The molecule has 0 bridgehead atoms. The molecular weight excluding hydrogens is 332 g/mol. The Labute approximate surface area is 142 Å². The molecule has 25 heavy (non-hydrogen) atoms. The molecule has 1 aliphatic rings. The van der Waals surface area contributed by atoms with Gasteiger partial charge in [-0.15, -0.1) is 0 Å². The number of fused-ring (bicyclic) bond motifs is 1. The number of H-pyrrole nitrogens is 1. The summed E-state index contributed by atoms with van der Waals surface area (Å²) in [7, 11) is 5.00. The average molecular weight is 352 g/mol. The summed E-state index contributed by atoms with van der Waals surface area (Å²) in [5.74, 6) is 0.110. The van der Waals surface area contributed by atoms with E-state index in [1.165, 1.54) is 24.3 Å². The predicted octanol–water partition coefficient (Wildman–Crippen LogP) is -1.39. The monoisotopic (exact) mass is 352 g/mol. The van der Waals surface area contributed by atoms with E-state index in [0.29, 0.717) is 0 Å². The Balaban J connectivity index is 2.06. The molecule has 0 amide bonds. The van der Waals surface area contributed by atoms with Crippen LogP contribution in [-0.2, 0) is 9.47 Å². The van der Waals surface area contributed by atoms with Crippen molar-refractivity contribution in [1.29, 1.82) is 0 Å². The van der Waals surface area contributed by atoms with Crippen LogP contribution in [0.3, 0.4) is 0 Å². The molecule has 1 fully saturated rings. The normalized spacial score (nSPS) is 26.8. The minimum absolute atomic E-state index is 0.110. The van der Waals surface area contributed by atoms with Crippen molar-refractivity contribution in [2.24, 2.45) is 4.99 Å². The van der Waals surface area contributed by atoms with Crippen LogP contribution < -0.4 is 5.56 Å². The summed E-state index contributed by atoms with van der Waals surface area (Å²) in [6.45, 7) is -0.365. The molecule has 0 aromatic carbocycles. The number of rotatable bonds is 5. The van der Waals surface area contributed by atoms with E-state index < -0.39 is 30.1 Å². The van der Waals surface area contributed by atoms with Gasteiger partial charge in [-0.1, -0.05) is 0 Å². The maximum atomic E-state index is 12.2. The van der Waals surface area contributed by atoms with E-state index in [0.717, 1.165) is 0 Å². The van der Waals surface area contributed by atoms with Crippen molar-refractivity contribution in [3.05, 3.63) is 16.7 Å². The Morgan fingerprint density at radius 1 is 1.56 bits per heavy atom. The van der Waals surface area contributed by atoms with Crippen molar-refractivity contribution in [1.82, 2.24) is 24.4 Å². The van der Waals surface area contributed by atoms with Gasteiger partial charge in [0.05, 0.1) is 19.3 Å². The molecule has 1 saturated heterocycles. The van der Waals surface area contributed by atoms with E-state index in [2.05, 4.69) is 19.9 Å². The maximum absolute atomic E-state index is 12.2. The SMILES string of the molecule is COC1[C@@H](O)[C@@H](CO)O[C@H]1n1cnc2c(=O)[nH]c(N=CN(C)C)nc21. The molecule has 3 heterocycles. The molecule has 2 aromatic heterocycles. The maximum Gasteiger partial charge on any atom is 0.280 e. The number of methoxy groups -OCH3 is 1. The molecule has 11 nitrogen and oxygen atoms in total. The fourth-order valence-electron chi connectivity index (χ4n) is 2.68. The van der Waals surface area contributed by atoms with Crippen LogP contribution in [-0.4, -0.2) is 87.1 Å². The first kappa shape index (κ1) is 17.5. The molecule has 0 radical (unpaired) electrons. The zero-order chi connectivity index (χ0) is 18.1. The van der Waals surface area contributed by atoms with E-state index >= 15 is 0 Å². The van der Waals surface area contributed by atoms with E-state index in [1.54, 1.807) is 19.0 Å². The summed E-state index contributed by atoms with van der Waals surface area (Å²) in [5.41, 5.74) is -0.0856. The highest BCUT2D eigenvalue weighted by Crippen LogP contribution is 2.32. The number of ether oxygens (including phenoxy) is 2. The first-order valence-corrected chi connectivity index (χ1v) is 7.61. The standard InChI is InChI=1S/C14H20N6O5/c1-19(2)5-16-14-17-11-8(12(23)18-14)15-6-20(11)13-10(24-3)9(22)7(4-21)25-13/h5-7,9-10,13,21-22H,4H2,1-3H3,(H,17,18,23)/t7-,9+,10?,13-/m1/s1. The van der Waals surface area contributed by atoms with E-state index in [-0.39, 0.29) is 23.7 Å². The zero-order valence-electron chi connectivity index (χ0n) is 14.0. The zero-order valence-corrected chi connectivity index (χ0v) is 14.0. The van der Waals surface area contributed by atoms with Gasteiger partial charge in [0.1, 0.15) is 18.3 Å². The first-order chi connectivity index (χ1) is 12.0. The summed E-state index contributed by atoms with van der Waals surface area (Å²) >= 11 is 0. The highest BCUT2D eigenvalue weighted by Gasteiger charge is 2.45. The number of aromatic amines is 1. The summed E-state index contributed by atoms with van der Waals surface area (Å²) in [5, 5.41) is 19.5. The number of aliphatic hydroxyl groups is 2. The lowest BCUT2D eigenvalue weighted by Crippen LogP contribution is -2.34. The molecule has 4 atom stereocenters. The lowest BCUT2D eigenvalue weighted by molar-refractivity contribution is -0.0583. The second-order valence-electron chi connectivity index (χ2n) is 5.86. The summed E-state index contributed by atoms with van der Waals surface area (Å²) in [6.07, 6.45) is -0.478. The van der Waals surface area contributed by atoms with Crippen LogP contribution in [0.25, 0.3) is 11.2 Å². The Bertz CT molecular complexity index is 831. The fourth-order valence-corrected chi connectivity index (χ4v) is 2.68. The Hall–Kier alpha value is -2.34. The Kier molecular flexibility index (Phi) is 4.81. The van der Waals surface area contributed by atoms with Gasteiger partial charge in [-0.3, -0.25) is 14.3 Å². The quantitative estimate of drug-likeness (QED) is 0.441. The summed E-state index contributed by atoms with van der Waals surface area (Å²) in [6, 6.07) is 0. The number of imidazole rings is 1. The molecule has 1 unspecified atom stereocenters. The van der Waals surface area contributed by atoms with Crippen LogP contribution in [0.4, 0.5) is 5.95 Å². The van der Waals surface area contributed by atoms with Crippen LogP contribution in [0.1, 0.15) is 6.23 Å². The van der Waals surface area contributed by atoms with Crippen LogP contribution in [0, 0.1) is 0 Å². The number of aromatic nitrogens is 4. The fraction of sp³-hybridized carbons (Fsp3) is 0.571. The number of aliphatic imine (C=N–C) groups is 1. The van der Waals surface area contributed by atoms with Gasteiger partial charge in [-0.25, -0.2) is 9.98 Å². The van der Waals surface area contributed by atoms with E-state index in [1.807, 2.05) is 0 Å². The van der Waals surface area contributed by atoms with Crippen LogP contribution in [0.15, 0.2) is 16.1 Å². The summed E-state index contributed by atoms with van der Waals surface area (Å²) in [4.78, 5) is 28.9. The number of hydrogen-bond donors (Lipinski definition) is 3. The molecular formula is C14H20N6O5. The molecule has 1 aliphatic heterocycles. The van der Waals surface area contributed by atoms with Crippen molar-refractivity contribution in [3.63, 3.8) is 0 Å². The number of hydrogen-bond acceptors (Lipinski definition) is 8. The van der Waals surface area contributed by atoms with Crippen molar-refractivity contribution < 1.29 is 19.7 Å². The molecule has 0 spiro atoms. The van der Waals surface area contributed by atoms with E-state index in [4.69, 9.17) is 9.47 Å². The van der Waals surface area contributed by atoms with Gasteiger partial charge in [0, 0.05) is 21.2 Å². The lowest BCUT2D eigenvalue weighted by atomic mass is 10.1. The third kappa shape index (κ3) is 3.14. The third-order valence-electron chi connectivity index (χ3n) is 3.87. The highest BCUT2D eigenvalue weighted by atomic mass is 16.6. The van der Waals surface area contributed by atoms with E-state index in [9.17, 15) is 15.0 Å². The Morgan fingerprint density at radius 3 is 2.96 bits per heavy atom. The molecule has 2 aromatic rings. The third-order valence-corrected chi connectivity index (χ3v) is 3.87. The topological polar surface area (TPSA) is 138 Å². The van der Waals surface area contributed by atoms with Gasteiger partial charge in [-0.2, -0.15) is 4.98 Å². The first-order valence-electron chi connectivity index (χ1n) is 7.61. The van der Waals surface area contributed by atoms with Crippen molar-refractivity contribution in [2.45, 2.75) is 24.5 Å². The van der Waals surface area contributed by atoms with Gasteiger partial charge in [0.25, 0.3) is 5.56 Å². The van der Waals surface area contributed by atoms with Crippen LogP contribution in [0.2, 0.25) is 0 Å². The van der Waals surface area contributed by atoms with Crippen LogP contribution in [0.5, 0.6) is 0 Å². The number of aliphatic hydroxyl groups excluding tert-OH is 2. The minimum Gasteiger partial charge on any atom is -0.394 e. The summed E-state index contributed by atoms with van der Waals surface area (Å²) < 4.78 is 12.4. The number of nitrogens with zero attached hydrogens (tertiary/aromatic N) is 5. The minimum atomic E-state index is -1.02. The molecule has 136 valence electrons. The molecule has 3 N–H and O–H groups in total. The van der Waals surface area contributed by atoms with Crippen molar-refractivity contribution in [2.75, 3.05) is 27.8 Å². The van der Waals surface area contributed by atoms with Gasteiger partial charge in [-0.05, 0) is 0 Å². The molecule has 0 saturated carbocycles. The molecule has 11 heteroatoms. The average Bonchev–Trinajstić information content (AvgIpc) is 3.13. The van der Waals surface area contributed by atoms with Gasteiger partial charge in [0.15, 0.2) is 17.4 Å². The number of nitrogens with one attached hydrogen (secondary N) is 1. The second kappa shape index (κ2) is 6.88. The van der Waals surface area contributed by atoms with Gasteiger partial charge >= 0.3 is 0 Å². The smallest absolute Gasteiger partial charge is 0.280 e. The highest BCUT2D eigenvalue weighted by molar-refractivity contribution is 5.71. The molecule has 3 rings (SSSR count). The van der Waals surface area contributed by atoms with Crippen molar-refractivity contribution >= 4 is 23.5 Å². The van der Waals surface area contributed by atoms with Gasteiger partial charge < -0.3 is 24.6 Å².